The Balaban J connectivity index is 1.62. The van der Waals surface area contributed by atoms with E-state index in [4.69, 9.17) is 0 Å². The van der Waals surface area contributed by atoms with Crippen LogP contribution < -0.4 is 15.1 Å². The summed E-state index contributed by atoms with van der Waals surface area (Å²) in [5, 5.41) is 13.0. The number of aromatic nitrogens is 2. The Bertz CT molecular complexity index is 618. The summed E-state index contributed by atoms with van der Waals surface area (Å²) >= 11 is 1.46. The third kappa shape index (κ3) is 4.48. The number of nitrogens with one attached hydrogen (secondary N) is 1. The number of hydrogen-bond acceptors (Lipinski definition) is 6. The molecular formula is C17H27N5O2S. The van der Waals surface area contributed by atoms with Gasteiger partial charge in [0.05, 0.1) is 5.92 Å². The second kappa shape index (κ2) is 8.12. The summed E-state index contributed by atoms with van der Waals surface area (Å²) in [6, 6.07) is 0. The molecule has 2 saturated heterocycles. The van der Waals surface area contributed by atoms with E-state index in [-0.39, 0.29) is 17.7 Å². The van der Waals surface area contributed by atoms with Gasteiger partial charge in [0.1, 0.15) is 0 Å². The van der Waals surface area contributed by atoms with Gasteiger partial charge >= 0.3 is 0 Å². The smallest absolute Gasteiger partial charge is 0.228 e. The largest absolute Gasteiger partial charge is 0.356 e. The van der Waals surface area contributed by atoms with Crippen molar-refractivity contribution < 1.29 is 9.59 Å². The summed E-state index contributed by atoms with van der Waals surface area (Å²) < 4.78 is 0. The second-order valence-corrected chi connectivity index (χ2v) is 8.23. The molecule has 0 bridgehead atoms. The van der Waals surface area contributed by atoms with Crippen molar-refractivity contribution in [3.63, 3.8) is 0 Å². The lowest BCUT2D eigenvalue weighted by atomic mass is 9.97. The minimum Gasteiger partial charge on any atom is -0.356 e. The Kier molecular flexibility index (Phi) is 5.88. The lowest BCUT2D eigenvalue weighted by Crippen LogP contribution is -2.43. The fourth-order valence-corrected chi connectivity index (χ4v) is 4.19. The summed E-state index contributed by atoms with van der Waals surface area (Å²) in [5.41, 5.74) is 0. The van der Waals surface area contributed by atoms with Gasteiger partial charge < -0.3 is 10.2 Å². The van der Waals surface area contributed by atoms with E-state index in [0.29, 0.717) is 24.0 Å². The van der Waals surface area contributed by atoms with Gasteiger partial charge in [0.25, 0.3) is 0 Å². The van der Waals surface area contributed by atoms with Gasteiger partial charge in [0.15, 0.2) is 0 Å². The van der Waals surface area contributed by atoms with E-state index in [9.17, 15) is 9.59 Å². The van der Waals surface area contributed by atoms with Gasteiger partial charge in [-0.1, -0.05) is 25.2 Å². The van der Waals surface area contributed by atoms with Crippen LogP contribution in [0.25, 0.3) is 0 Å². The maximum atomic E-state index is 12.4. The average molecular weight is 366 g/mol. The van der Waals surface area contributed by atoms with Crippen molar-refractivity contribution in [1.82, 2.24) is 15.5 Å². The van der Waals surface area contributed by atoms with Crippen LogP contribution in [0.5, 0.6) is 0 Å². The number of rotatable bonds is 5. The highest BCUT2D eigenvalue weighted by Crippen LogP contribution is 2.31. The first-order valence-corrected chi connectivity index (χ1v) is 10.0. The van der Waals surface area contributed by atoms with Gasteiger partial charge in [0, 0.05) is 32.6 Å². The van der Waals surface area contributed by atoms with E-state index in [1.807, 2.05) is 0 Å². The van der Waals surface area contributed by atoms with Crippen LogP contribution in [-0.4, -0.2) is 48.2 Å². The van der Waals surface area contributed by atoms with Crippen molar-refractivity contribution >= 4 is 33.4 Å². The molecule has 25 heavy (non-hydrogen) atoms. The number of anilines is 2. The molecule has 1 N–H and O–H groups in total. The molecule has 138 valence electrons. The third-order valence-corrected chi connectivity index (χ3v) is 5.71. The fraction of sp³-hybridized carbons (Fsp3) is 0.765. The third-order valence-electron chi connectivity index (χ3n) is 4.71. The van der Waals surface area contributed by atoms with Crippen molar-refractivity contribution in [3.05, 3.63) is 0 Å². The summed E-state index contributed by atoms with van der Waals surface area (Å²) in [4.78, 5) is 28.3. The van der Waals surface area contributed by atoms with Crippen LogP contribution in [0.15, 0.2) is 0 Å². The second-order valence-electron chi connectivity index (χ2n) is 7.29. The molecule has 0 aliphatic carbocycles. The molecule has 2 fully saturated rings. The van der Waals surface area contributed by atoms with Crippen LogP contribution in [0.3, 0.4) is 0 Å². The molecule has 7 nitrogen and oxygen atoms in total. The first-order chi connectivity index (χ1) is 12.0. The highest BCUT2D eigenvalue weighted by Gasteiger charge is 2.29. The predicted octanol–water partition coefficient (Wildman–Crippen LogP) is 2.04. The van der Waals surface area contributed by atoms with E-state index < -0.39 is 0 Å². The van der Waals surface area contributed by atoms with Crippen molar-refractivity contribution in [2.75, 3.05) is 36.0 Å². The highest BCUT2D eigenvalue weighted by atomic mass is 32.1. The van der Waals surface area contributed by atoms with Crippen LogP contribution in [0, 0.1) is 11.8 Å². The molecule has 0 aromatic carbocycles. The number of carbonyl (C=O) groups is 2. The Morgan fingerprint density at radius 2 is 2.04 bits per heavy atom. The molecule has 2 aliphatic rings. The minimum atomic E-state index is -0.00327. The molecule has 2 aliphatic heterocycles. The minimum absolute atomic E-state index is 0.00327. The number of carbonyl (C=O) groups excluding carboxylic acids is 2. The van der Waals surface area contributed by atoms with E-state index in [2.05, 4.69) is 34.3 Å². The van der Waals surface area contributed by atoms with E-state index >= 15 is 0 Å². The number of amides is 2. The molecule has 3 rings (SSSR count). The van der Waals surface area contributed by atoms with Crippen molar-refractivity contribution in [1.29, 1.82) is 0 Å². The van der Waals surface area contributed by atoms with Gasteiger partial charge in [-0.3, -0.25) is 14.5 Å². The Hall–Kier alpha value is -1.70. The van der Waals surface area contributed by atoms with Gasteiger partial charge in [-0.15, -0.1) is 10.2 Å². The van der Waals surface area contributed by atoms with E-state index in [1.165, 1.54) is 11.3 Å². The van der Waals surface area contributed by atoms with E-state index in [1.54, 1.807) is 4.90 Å². The normalized spacial score (nSPS) is 21.7. The summed E-state index contributed by atoms with van der Waals surface area (Å²) in [6.07, 6.45) is 4.45. The van der Waals surface area contributed by atoms with Crippen LogP contribution >= 0.6 is 11.3 Å². The number of nitrogens with zero attached hydrogens (tertiary/aromatic N) is 4. The quantitative estimate of drug-likeness (QED) is 0.864. The molecule has 0 radical (unpaired) electrons. The Labute approximate surface area is 152 Å². The highest BCUT2D eigenvalue weighted by molar-refractivity contribution is 7.19. The Morgan fingerprint density at radius 1 is 1.24 bits per heavy atom. The zero-order chi connectivity index (χ0) is 17.8. The summed E-state index contributed by atoms with van der Waals surface area (Å²) in [6.45, 7) is 7.20. The molecule has 1 atom stereocenters. The van der Waals surface area contributed by atoms with Crippen molar-refractivity contribution in [3.8, 4) is 0 Å². The first-order valence-electron chi connectivity index (χ1n) is 9.21. The maximum Gasteiger partial charge on any atom is 0.228 e. The molecular weight excluding hydrogens is 338 g/mol. The predicted molar refractivity (Wildman–Crippen MR) is 98.9 cm³/mol. The average Bonchev–Trinajstić information content (AvgIpc) is 3.10. The fourth-order valence-electron chi connectivity index (χ4n) is 3.27. The van der Waals surface area contributed by atoms with Crippen molar-refractivity contribution in [2.24, 2.45) is 11.8 Å². The van der Waals surface area contributed by atoms with Crippen LogP contribution in [0.4, 0.5) is 10.3 Å². The first kappa shape index (κ1) is 18.1. The lowest BCUT2D eigenvalue weighted by Gasteiger charge is -2.31. The topological polar surface area (TPSA) is 78.4 Å². The van der Waals surface area contributed by atoms with Gasteiger partial charge in [-0.2, -0.15) is 0 Å². The van der Waals surface area contributed by atoms with Gasteiger partial charge in [-0.25, -0.2) is 0 Å². The Morgan fingerprint density at radius 3 is 2.80 bits per heavy atom. The van der Waals surface area contributed by atoms with Crippen LogP contribution in [0.1, 0.15) is 46.0 Å². The molecule has 2 amide bonds. The monoisotopic (exact) mass is 365 g/mol. The van der Waals surface area contributed by atoms with Crippen LogP contribution in [-0.2, 0) is 9.59 Å². The van der Waals surface area contributed by atoms with Gasteiger partial charge in [0.2, 0.25) is 22.1 Å². The standard InChI is InChI=1S/C17H27N5O2S/c1-12(2)10-18-15(24)13-6-5-8-21(11-13)16-19-20-17(25-16)22-9-4-3-7-14(22)23/h12-13H,3-11H2,1-2H3,(H,18,24)/t13-/m0/s1. The van der Waals surface area contributed by atoms with Crippen molar-refractivity contribution in [2.45, 2.75) is 46.0 Å². The maximum absolute atomic E-state index is 12.4. The SMILES string of the molecule is CC(C)CNC(=O)[C@H]1CCCN(c2nnc(N3CCCCC3=O)s2)C1. The zero-order valence-electron chi connectivity index (χ0n) is 15.0. The van der Waals surface area contributed by atoms with E-state index in [0.717, 1.165) is 50.4 Å². The summed E-state index contributed by atoms with van der Waals surface area (Å²) in [5.74, 6) is 0.723. The molecule has 3 heterocycles. The summed E-state index contributed by atoms with van der Waals surface area (Å²) in [7, 11) is 0. The molecule has 0 saturated carbocycles. The number of piperidine rings is 2. The molecule has 0 unspecified atom stereocenters. The lowest BCUT2D eigenvalue weighted by molar-refractivity contribution is -0.125. The van der Waals surface area contributed by atoms with Gasteiger partial charge in [-0.05, 0) is 31.6 Å². The molecule has 0 spiro atoms. The zero-order valence-corrected chi connectivity index (χ0v) is 15.8. The molecule has 8 heteroatoms. The molecule has 1 aromatic rings. The number of hydrogen-bond donors (Lipinski definition) is 1. The molecule has 1 aromatic heterocycles. The van der Waals surface area contributed by atoms with Crippen LogP contribution in [0.2, 0.25) is 0 Å².